The van der Waals surface area contributed by atoms with E-state index in [-0.39, 0.29) is 5.75 Å². The number of halogens is 4. The maximum Gasteiger partial charge on any atom is 0.461 e. The van der Waals surface area contributed by atoms with E-state index in [0.717, 1.165) is 6.42 Å². The average Bonchev–Trinajstić information content (AvgIpc) is 2.62. The van der Waals surface area contributed by atoms with Crippen LogP contribution in [0, 0.1) is 0 Å². The fourth-order valence-corrected chi connectivity index (χ4v) is 3.79. The van der Waals surface area contributed by atoms with Crippen molar-refractivity contribution in [2.75, 3.05) is 31.1 Å². The lowest BCUT2D eigenvalue weighted by atomic mass is 10.2. The van der Waals surface area contributed by atoms with E-state index in [0.29, 0.717) is 38.3 Å². The van der Waals surface area contributed by atoms with Crippen LogP contribution in [-0.4, -0.2) is 51.4 Å². The Hall–Kier alpha value is -1.81. The number of allylic oxidation sites excluding steroid dienone is 1. The van der Waals surface area contributed by atoms with Gasteiger partial charge in [-0.1, -0.05) is 19.4 Å². The molecule has 0 bridgehead atoms. The van der Waals surface area contributed by atoms with Gasteiger partial charge in [0.05, 0.1) is 0 Å². The number of alkyl halides is 4. The van der Waals surface area contributed by atoms with Crippen molar-refractivity contribution in [1.29, 1.82) is 0 Å². The monoisotopic (exact) mass is 410 g/mol. The van der Waals surface area contributed by atoms with E-state index in [1.165, 1.54) is 34.0 Å². The fraction of sp³-hybridized carbons (Fsp3) is 0.529. The Morgan fingerprint density at radius 1 is 1.15 bits per heavy atom. The van der Waals surface area contributed by atoms with Gasteiger partial charge >= 0.3 is 12.5 Å². The maximum atomic E-state index is 12.9. The first-order valence-electron chi connectivity index (χ1n) is 8.52. The number of sulfonamides is 1. The van der Waals surface area contributed by atoms with Gasteiger partial charge in [-0.05, 0) is 30.7 Å². The van der Waals surface area contributed by atoms with E-state index >= 15 is 0 Å². The Labute approximate surface area is 156 Å². The second kappa shape index (κ2) is 8.92. The Bertz CT molecular complexity index is 731. The zero-order valence-electron chi connectivity index (χ0n) is 14.8. The van der Waals surface area contributed by atoms with Crippen LogP contribution in [0.2, 0.25) is 0 Å². The molecule has 0 aliphatic carbocycles. The largest absolute Gasteiger partial charge is 0.461 e. The molecule has 2 rings (SSSR count). The van der Waals surface area contributed by atoms with Gasteiger partial charge in [0.25, 0.3) is 0 Å². The second-order valence-corrected chi connectivity index (χ2v) is 7.87. The minimum absolute atomic E-state index is 0.292. The predicted molar refractivity (Wildman–Crippen MR) is 94.8 cm³/mol. The molecule has 1 heterocycles. The quantitative estimate of drug-likeness (QED) is 0.614. The molecule has 0 unspecified atom stereocenters. The minimum Gasteiger partial charge on any atom is -0.428 e. The van der Waals surface area contributed by atoms with E-state index in [2.05, 4.69) is 4.74 Å². The highest BCUT2D eigenvalue weighted by Crippen LogP contribution is 2.29. The molecule has 0 saturated carbocycles. The maximum absolute atomic E-state index is 12.9. The van der Waals surface area contributed by atoms with E-state index in [1.807, 2.05) is 11.8 Å². The van der Waals surface area contributed by atoms with Crippen molar-refractivity contribution in [2.45, 2.75) is 32.3 Å². The van der Waals surface area contributed by atoms with Crippen molar-refractivity contribution in [3.8, 4) is 5.75 Å². The molecule has 0 spiro atoms. The highest BCUT2D eigenvalue weighted by atomic mass is 32.2. The van der Waals surface area contributed by atoms with Crippen LogP contribution < -0.4 is 9.64 Å². The molecule has 1 fully saturated rings. The zero-order valence-corrected chi connectivity index (χ0v) is 15.6. The van der Waals surface area contributed by atoms with Crippen LogP contribution in [0.15, 0.2) is 35.7 Å². The van der Waals surface area contributed by atoms with Crippen LogP contribution in [0.4, 0.5) is 23.2 Å². The Morgan fingerprint density at radius 2 is 1.74 bits per heavy atom. The van der Waals surface area contributed by atoms with Gasteiger partial charge in [-0.3, -0.25) is 0 Å². The Morgan fingerprint density at radius 3 is 2.26 bits per heavy atom. The number of hydrogen-bond donors (Lipinski definition) is 0. The van der Waals surface area contributed by atoms with Crippen LogP contribution in [-0.2, 0) is 10.0 Å². The number of nitrogens with zero attached hydrogens (tertiary/aromatic N) is 2. The molecule has 1 saturated heterocycles. The lowest BCUT2D eigenvalue weighted by Gasteiger charge is -2.34. The average molecular weight is 410 g/mol. The van der Waals surface area contributed by atoms with Crippen molar-refractivity contribution in [3.63, 3.8) is 0 Å². The fourth-order valence-electron chi connectivity index (χ4n) is 2.57. The summed E-state index contributed by atoms with van der Waals surface area (Å²) in [6, 6.07) is 5.31. The van der Waals surface area contributed by atoms with Crippen LogP contribution in [0.3, 0.4) is 0 Å². The lowest BCUT2D eigenvalue weighted by Crippen LogP contribution is -2.48. The molecule has 0 radical (unpaired) electrons. The van der Waals surface area contributed by atoms with Gasteiger partial charge in [-0.25, -0.2) is 8.42 Å². The van der Waals surface area contributed by atoms with Crippen LogP contribution >= 0.6 is 0 Å². The Kier molecular flexibility index (Phi) is 7.10. The number of hydrogen-bond acceptors (Lipinski definition) is 4. The summed E-state index contributed by atoms with van der Waals surface area (Å²) in [7, 11) is -3.44. The molecule has 0 N–H and O–H groups in total. The highest BCUT2D eigenvalue weighted by molar-refractivity contribution is 7.92. The third kappa shape index (κ3) is 5.83. The van der Waals surface area contributed by atoms with Crippen LogP contribution in [0.5, 0.6) is 5.75 Å². The Balaban J connectivity index is 1.94. The summed E-state index contributed by atoms with van der Waals surface area (Å²) in [4.78, 5) is 1.89. The van der Waals surface area contributed by atoms with Gasteiger partial charge in [-0.2, -0.15) is 21.9 Å². The van der Waals surface area contributed by atoms with Crippen LogP contribution in [0.25, 0.3) is 0 Å². The summed E-state index contributed by atoms with van der Waals surface area (Å²) in [6.07, 6.45) is -5.28. The van der Waals surface area contributed by atoms with E-state index < -0.39 is 22.6 Å². The number of benzene rings is 1. The molecule has 0 amide bonds. The molecule has 152 valence electrons. The summed E-state index contributed by atoms with van der Waals surface area (Å²) in [5.74, 6) is -0.369. The molecule has 0 atom stereocenters. The van der Waals surface area contributed by atoms with Crippen molar-refractivity contribution in [3.05, 3.63) is 35.7 Å². The molecule has 5 nitrogen and oxygen atoms in total. The van der Waals surface area contributed by atoms with Crippen molar-refractivity contribution in [2.24, 2.45) is 0 Å². The molecular weight excluding hydrogens is 388 g/mol. The second-order valence-electron chi connectivity index (χ2n) is 6.05. The number of piperazine rings is 1. The first-order valence-corrected chi connectivity index (χ1v) is 10.0. The van der Waals surface area contributed by atoms with E-state index in [1.54, 1.807) is 6.08 Å². The molecule has 10 heteroatoms. The number of rotatable bonds is 8. The summed E-state index contributed by atoms with van der Waals surface area (Å²) in [5.41, 5.74) is 0.668. The highest BCUT2D eigenvalue weighted by Gasteiger charge is 2.43. The van der Waals surface area contributed by atoms with Gasteiger partial charge in [0.15, 0.2) is 0 Å². The summed E-state index contributed by atoms with van der Waals surface area (Å²) >= 11 is 0. The van der Waals surface area contributed by atoms with Gasteiger partial charge in [0, 0.05) is 37.3 Å². The molecular formula is C17H22F4N2O3S. The molecule has 27 heavy (non-hydrogen) atoms. The SMILES string of the molecule is CCCC=CS(=O)(=O)N1CCN(c2ccc(OC(F)(F)C(F)F)cc2)CC1. The first-order chi connectivity index (χ1) is 12.7. The molecule has 1 aromatic carbocycles. The normalized spacial score (nSPS) is 17.0. The standard InChI is InChI=1S/C17H22F4N2O3S/c1-2-3-4-13-27(24,25)23-11-9-22(10-12-23)14-5-7-15(8-6-14)26-17(20,21)16(18)19/h4-8,13,16H,2-3,9-12H2,1H3. The smallest absolute Gasteiger partial charge is 0.428 e. The van der Waals surface area contributed by atoms with Crippen molar-refractivity contribution < 1.29 is 30.7 Å². The van der Waals surface area contributed by atoms with Gasteiger partial charge < -0.3 is 9.64 Å². The third-order valence-corrected chi connectivity index (χ3v) is 5.65. The number of anilines is 1. The van der Waals surface area contributed by atoms with Crippen molar-refractivity contribution >= 4 is 15.7 Å². The zero-order chi connectivity index (χ0) is 20.1. The predicted octanol–water partition coefficient (Wildman–Crippen LogP) is 3.69. The van der Waals surface area contributed by atoms with Gasteiger partial charge in [0.2, 0.25) is 10.0 Å². The van der Waals surface area contributed by atoms with Crippen LogP contribution in [0.1, 0.15) is 19.8 Å². The minimum atomic E-state index is -4.55. The summed E-state index contributed by atoms with van der Waals surface area (Å²) in [6.45, 7) is 3.39. The lowest BCUT2D eigenvalue weighted by molar-refractivity contribution is -0.253. The van der Waals surface area contributed by atoms with E-state index in [4.69, 9.17) is 0 Å². The number of unbranched alkanes of at least 4 members (excludes halogenated alkanes) is 1. The topological polar surface area (TPSA) is 49.9 Å². The first kappa shape index (κ1) is 21.5. The molecule has 0 aromatic heterocycles. The van der Waals surface area contributed by atoms with Gasteiger partial charge in [-0.15, -0.1) is 0 Å². The molecule has 1 aliphatic heterocycles. The van der Waals surface area contributed by atoms with Crippen molar-refractivity contribution in [1.82, 2.24) is 4.31 Å². The summed E-state index contributed by atoms with van der Waals surface area (Å²) < 4.78 is 79.9. The van der Waals surface area contributed by atoms with E-state index in [9.17, 15) is 26.0 Å². The molecule has 1 aliphatic rings. The van der Waals surface area contributed by atoms with Gasteiger partial charge in [0.1, 0.15) is 5.75 Å². The third-order valence-electron chi connectivity index (χ3n) is 4.03. The summed E-state index contributed by atoms with van der Waals surface area (Å²) in [5, 5.41) is 1.22. The molecule has 1 aromatic rings. The number of ether oxygens (including phenoxy) is 1.